The largest absolute Gasteiger partial charge is 0.228 e. The lowest BCUT2D eigenvalue weighted by molar-refractivity contribution is 0.661. The Kier molecular flexibility index (Phi) is 7.55. The van der Waals surface area contributed by atoms with E-state index >= 15 is 0 Å². The molecule has 1 aromatic heterocycles. The summed E-state index contributed by atoms with van der Waals surface area (Å²) in [7, 11) is 0. The van der Waals surface area contributed by atoms with Crippen LogP contribution in [0.2, 0.25) is 0 Å². The molecule has 1 aliphatic rings. The third kappa shape index (κ3) is 5.48. The van der Waals surface area contributed by atoms with Crippen LogP contribution in [0.15, 0.2) is 194 Å². The Hall–Kier alpha value is -7.16. The third-order valence-electron chi connectivity index (χ3n) is 12.1. The highest BCUT2D eigenvalue weighted by molar-refractivity contribution is 6.07. The monoisotopic (exact) mass is 726 g/mol. The predicted molar refractivity (Wildman–Crippen MR) is 239 cm³/mol. The van der Waals surface area contributed by atoms with E-state index in [0.717, 1.165) is 33.5 Å². The molecule has 9 aromatic carbocycles. The molecule has 0 aliphatic heterocycles. The fourth-order valence-electron chi connectivity index (χ4n) is 9.10. The zero-order valence-electron chi connectivity index (χ0n) is 31.9. The smallest absolute Gasteiger partial charge is 0.160 e. The molecule has 2 nitrogen and oxygen atoms in total. The van der Waals surface area contributed by atoms with E-state index in [0.29, 0.717) is 5.82 Å². The molecule has 0 bridgehead atoms. The van der Waals surface area contributed by atoms with Gasteiger partial charge in [-0.1, -0.05) is 190 Å². The van der Waals surface area contributed by atoms with Crippen LogP contribution in [0.5, 0.6) is 0 Å². The minimum Gasteiger partial charge on any atom is -0.228 e. The first kappa shape index (κ1) is 33.2. The number of hydrogen-bond donors (Lipinski definition) is 0. The summed E-state index contributed by atoms with van der Waals surface area (Å²) in [5.74, 6) is 0.705. The van der Waals surface area contributed by atoms with E-state index in [2.05, 4.69) is 208 Å². The first-order chi connectivity index (χ1) is 28.0. The standard InChI is InChI=1S/C55H38N2/c1-55(2)49-31-27-38-15-8-9-17-44(38)53(49)48-28-26-41(33-50(48)55)43-29-30-47(46-19-11-10-18-45(43)46)52-34-51(42-25-22-36-14-6-7-16-40(36)32-42)56-54(57-52)39-23-20-37(21-24-39)35-12-4-3-5-13-35/h3-34H,1-2H3. The van der Waals surface area contributed by atoms with Crippen LogP contribution in [0, 0.1) is 0 Å². The second-order valence-electron chi connectivity index (χ2n) is 15.8. The van der Waals surface area contributed by atoms with Crippen LogP contribution >= 0.6 is 0 Å². The highest BCUT2D eigenvalue weighted by Gasteiger charge is 2.36. The Morgan fingerprint density at radius 1 is 0.333 bits per heavy atom. The lowest BCUT2D eigenvalue weighted by Gasteiger charge is -2.22. The Bertz CT molecular complexity index is 3190. The number of hydrogen-bond acceptors (Lipinski definition) is 2. The van der Waals surface area contributed by atoms with Gasteiger partial charge in [0.15, 0.2) is 5.82 Å². The minimum absolute atomic E-state index is 0.115. The summed E-state index contributed by atoms with van der Waals surface area (Å²) in [5.41, 5.74) is 15.1. The van der Waals surface area contributed by atoms with Gasteiger partial charge in [-0.25, -0.2) is 9.97 Å². The number of benzene rings is 9. The molecule has 0 atom stereocenters. The highest BCUT2D eigenvalue weighted by Crippen LogP contribution is 2.52. The topological polar surface area (TPSA) is 25.8 Å². The van der Waals surface area contributed by atoms with Crippen molar-refractivity contribution < 1.29 is 0 Å². The zero-order chi connectivity index (χ0) is 38.1. The Morgan fingerprint density at radius 2 is 0.895 bits per heavy atom. The van der Waals surface area contributed by atoms with E-state index in [-0.39, 0.29) is 5.41 Å². The summed E-state index contributed by atoms with van der Waals surface area (Å²) in [5, 5.41) is 7.37. The third-order valence-corrected chi connectivity index (χ3v) is 12.1. The van der Waals surface area contributed by atoms with Crippen molar-refractivity contribution in [1.29, 1.82) is 0 Å². The molecule has 11 rings (SSSR count). The van der Waals surface area contributed by atoms with Crippen LogP contribution in [0.1, 0.15) is 25.0 Å². The Morgan fingerprint density at radius 3 is 1.70 bits per heavy atom. The molecule has 0 radical (unpaired) electrons. The van der Waals surface area contributed by atoms with E-state index in [1.54, 1.807) is 0 Å². The molecule has 268 valence electrons. The molecule has 0 N–H and O–H groups in total. The van der Waals surface area contributed by atoms with Crippen molar-refractivity contribution in [2.45, 2.75) is 19.3 Å². The minimum atomic E-state index is -0.115. The van der Waals surface area contributed by atoms with Crippen molar-refractivity contribution in [3.8, 4) is 67.3 Å². The molecule has 1 aliphatic carbocycles. The maximum Gasteiger partial charge on any atom is 0.160 e. The fourth-order valence-corrected chi connectivity index (χ4v) is 9.10. The summed E-state index contributed by atoms with van der Waals surface area (Å²) in [4.78, 5) is 10.5. The number of aromatic nitrogens is 2. The van der Waals surface area contributed by atoms with Crippen molar-refractivity contribution in [3.05, 3.63) is 205 Å². The van der Waals surface area contributed by atoms with Crippen LogP contribution in [0.25, 0.3) is 99.6 Å². The lowest BCUT2D eigenvalue weighted by Crippen LogP contribution is -2.15. The van der Waals surface area contributed by atoms with Gasteiger partial charge in [-0.2, -0.15) is 0 Å². The molecular weight excluding hydrogens is 689 g/mol. The molecule has 0 saturated carbocycles. The maximum atomic E-state index is 5.32. The second-order valence-corrected chi connectivity index (χ2v) is 15.8. The van der Waals surface area contributed by atoms with E-state index in [4.69, 9.17) is 9.97 Å². The van der Waals surface area contributed by atoms with E-state index in [1.165, 1.54) is 71.4 Å². The quantitative estimate of drug-likeness (QED) is 0.176. The second kappa shape index (κ2) is 13.0. The number of nitrogens with zero attached hydrogens (tertiary/aromatic N) is 2. The van der Waals surface area contributed by atoms with Gasteiger partial charge in [0.25, 0.3) is 0 Å². The summed E-state index contributed by atoms with van der Waals surface area (Å²) < 4.78 is 0. The Labute approximate surface area is 332 Å². The highest BCUT2D eigenvalue weighted by atomic mass is 14.9. The van der Waals surface area contributed by atoms with Gasteiger partial charge < -0.3 is 0 Å². The first-order valence-electron chi connectivity index (χ1n) is 19.7. The fraction of sp³-hybridized carbons (Fsp3) is 0.0545. The number of fused-ring (bicyclic) bond motifs is 7. The van der Waals surface area contributed by atoms with Crippen molar-refractivity contribution in [3.63, 3.8) is 0 Å². The van der Waals surface area contributed by atoms with Crippen LogP contribution in [-0.2, 0) is 5.41 Å². The molecule has 0 fully saturated rings. The van der Waals surface area contributed by atoms with Crippen LogP contribution in [0.3, 0.4) is 0 Å². The van der Waals surface area contributed by atoms with E-state index < -0.39 is 0 Å². The van der Waals surface area contributed by atoms with Gasteiger partial charge in [0.05, 0.1) is 11.4 Å². The number of rotatable bonds is 5. The van der Waals surface area contributed by atoms with Crippen LogP contribution in [-0.4, -0.2) is 9.97 Å². The van der Waals surface area contributed by atoms with E-state index in [9.17, 15) is 0 Å². The van der Waals surface area contributed by atoms with Crippen LogP contribution < -0.4 is 0 Å². The lowest BCUT2D eigenvalue weighted by atomic mass is 9.81. The van der Waals surface area contributed by atoms with Gasteiger partial charge in [0.1, 0.15) is 0 Å². The Balaban J connectivity index is 1.06. The van der Waals surface area contributed by atoms with E-state index in [1.807, 2.05) is 0 Å². The maximum absolute atomic E-state index is 5.32. The molecule has 2 heteroatoms. The van der Waals surface area contributed by atoms with Crippen molar-refractivity contribution in [2.75, 3.05) is 0 Å². The van der Waals surface area contributed by atoms with Gasteiger partial charge in [-0.05, 0) is 95.0 Å². The molecule has 57 heavy (non-hydrogen) atoms. The van der Waals surface area contributed by atoms with Gasteiger partial charge in [0, 0.05) is 22.1 Å². The van der Waals surface area contributed by atoms with Gasteiger partial charge in [-0.3, -0.25) is 0 Å². The normalized spacial score (nSPS) is 12.9. The zero-order valence-corrected chi connectivity index (χ0v) is 31.9. The molecule has 0 spiro atoms. The SMILES string of the molecule is CC1(C)c2cc(-c3ccc(-c4cc(-c5ccc6ccccc6c5)nc(-c5ccc(-c6ccccc6)cc5)n4)c4ccccc34)ccc2-c2c1ccc1ccccc21. The molecule has 0 amide bonds. The summed E-state index contributed by atoms with van der Waals surface area (Å²) >= 11 is 0. The van der Waals surface area contributed by atoms with Crippen molar-refractivity contribution in [1.82, 2.24) is 9.97 Å². The van der Waals surface area contributed by atoms with Gasteiger partial charge >= 0.3 is 0 Å². The molecule has 10 aromatic rings. The molecular formula is C55H38N2. The summed E-state index contributed by atoms with van der Waals surface area (Å²) in [6.45, 7) is 4.74. The van der Waals surface area contributed by atoms with Crippen molar-refractivity contribution in [2.24, 2.45) is 0 Å². The van der Waals surface area contributed by atoms with Gasteiger partial charge in [-0.15, -0.1) is 0 Å². The average Bonchev–Trinajstić information content (AvgIpc) is 3.51. The summed E-state index contributed by atoms with van der Waals surface area (Å²) in [6.07, 6.45) is 0. The molecule has 0 saturated heterocycles. The predicted octanol–water partition coefficient (Wildman–Crippen LogP) is 14.6. The molecule has 1 heterocycles. The molecule has 0 unspecified atom stereocenters. The average molecular weight is 727 g/mol. The van der Waals surface area contributed by atoms with Crippen molar-refractivity contribution >= 4 is 32.3 Å². The van der Waals surface area contributed by atoms with Gasteiger partial charge in [0.2, 0.25) is 0 Å². The summed E-state index contributed by atoms with van der Waals surface area (Å²) in [6, 6.07) is 70.2. The van der Waals surface area contributed by atoms with Crippen LogP contribution in [0.4, 0.5) is 0 Å². The first-order valence-corrected chi connectivity index (χ1v) is 19.7.